The molecule has 0 amide bonds. The quantitative estimate of drug-likeness (QED) is 0.502. The maximum Gasteiger partial charge on any atom is 0.146 e. The monoisotopic (exact) mass is 392 g/mol. The number of para-hydroxylation sites is 1. The van der Waals surface area contributed by atoms with Crippen LogP contribution in [0.5, 0.6) is 0 Å². The van der Waals surface area contributed by atoms with Crippen LogP contribution in [0.1, 0.15) is 38.2 Å². The molecule has 1 aromatic carbocycles. The molecule has 3 atom stereocenters. The normalized spacial score (nSPS) is 26.0. The second-order valence-electron chi connectivity index (χ2n) is 7.41. The number of nitrogens with one attached hydrogen (secondary N) is 3. The molecule has 0 aliphatic carbocycles. The van der Waals surface area contributed by atoms with Crippen LogP contribution in [0.15, 0.2) is 34.5 Å². The van der Waals surface area contributed by atoms with Gasteiger partial charge in [-0.2, -0.15) is 0 Å². The van der Waals surface area contributed by atoms with Crippen LogP contribution in [0.2, 0.25) is 0 Å². The molecule has 3 N–H and O–H groups in total. The summed E-state index contributed by atoms with van der Waals surface area (Å²) in [6.07, 6.45) is 6.18. The topological polar surface area (TPSA) is 48.4 Å². The number of benzene rings is 1. The van der Waals surface area contributed by atoms with Crippen LogP contribution in [0.4, 0.5) is 10.1 Å². The number of aryl methyl sites for hydroxylation is 1. The molecule has 148 valence electrons. The molecule has 0 saturated carbocycles. The Bertz CT molecular complexity index is 675. The van der Waals surface area contributed by atoms with Gasteiger partial charge in [-0.05, 0) is 57.3 Å². The van der Waals surface area contributed by atoms with Gasteiger partial charge in [-0.1, -0.05) is 30.7 Å². The molecule has 0 spiro atoms. The molecule has 6 heteroatoms. The third-order valence-corrected chi connectivity index (χ3v) is 5.89. The molecule has 0 bridgehead atoms. The van der Waals surface area contributed by atoms with Crippen LogP contribution in [0.3, 0.4) is 0 Å². The molecule has 2 heterocycles. The smallest absolute Gasteiger partial charge is 0.146 e. The minimum Gasteiger partial charge on any atom is -0.385 e. The van der Waals surface area contributed by atoms with E-state index in [1.165, 1.54) is 18.2 Å². The van der Waals surface area contributed by atoms with Gasteiger partial charge in [0, 0.05) is 36.0 Å². The van der Waals surface area contributed by atoms with Gasteiger partial charge in [-0.3, -0.25) is 4.99 Å². The fourth-order valence-corrected chi connectivity index (χ4v) is 4.23. The van der Waals surface area contributed by atoms with Crippen molar-refractivity contribution < 1.29 is 4.39 Å². The minimum absolute atomic E-state index is 0.159. The Labute approximate surface area is 166 Å². The minimum atomic E-state index is -0.250. The van der Waals surface area contributed by atoms with Crippen LogP contribution in [-0.2, 0) is 0 Å². The van der Waals surface area contributed by atoms with Gasteiger partial charge in [-0.15, -0.1) is 0 Å². The fraction of sp³-hybridized carbons (Fsp3) is 0.571. The zero-order valence-electron chi connectivity index (χ0n) is 16.2. The molecule has 4 nitrogen and oxygen atoms in total. The lowest BCUT2D eigenvalue weighted by molar-refractivity contribution is 0.443. The van der Waals surface area contributed by atoms with E-state index in [-0.39, 0.29) is 17.2 Å². The van der Waals surface area contributed by atoms with Gasteiger partial charge in [-0.25, -0.2) is 4.39 Å². The molecular weight excluding hydrogens is 363 g/mol. The molecule has 3 rings (SSSR count). The van der Waals surface area contributed by atoms with E-state index >= 15 is 0 Å². The molecule has 0 radical (unpaired) electrons. The van der Waals surface area contributed by atoms with Crippen molar-refractivity contribution in [3.63, 3.8) is 0 Å². The Kier molecular flexibility index (Phi) is 7.13. The van der Waals surface area contributed by atoms with E-state index in [9.17, 15) is 4.39 Å². The highest BCUT2D eigenvalue weighted by Crippen LogP contribution is 2.30. The van der Waals surface area contributed by atoms with Gasteiger partial charge in [0.2, 0.25) is 0 Å². The van der Waals surface area contributed by atoms with E-state index in [1.54, 1.807) is 6.07 Å². The lowest BCUT2D eigenvalue weighted by Gasteiger charge is -2.32. The number of nitrogens with zero attached hydrogens (tertiary/aromatic N) is 1. The summed E-state index contributed by atoms with van der Waals surface area (Å²) in [6.45, 7) is 6.69. The maximum atomic E-state index is 14.2. The summed E-state index contributed by atoms with van der Waals surface area (Å²) in [4.78, 5) is 4.48. The van der Waals surface area contributed by atoms with Crippen molar-refractivity contribution in [2.75, 3.05) is 25.0 Å². The van der Waals surface area contributed by atoms with E-state index in [2.05, 4.69) is 27.9 Å². The number of anilines is 1. The van der Waals surface area contributed by atoms with E-state index in [0.717, 1.165) is 43.5 Å². The van der Waals surface area contributed by atoms with Gasteiger partial charge in [0.15, 0.2) is 0 Å². The maximum absolute atomic E-state index is 14.2. The Hall–Kier alpha value is -1.59. The van der Waals surface area contributed by atoms with Gasteiger partial charge < -0.3 is 16.0 Å². The Morgan fingerprint density at radius 3 is 2.93 bits per heavy atom. The third kappa shape index (κ3) is 5.02. The highest BCUT2D eigenvalue weighted by molar-refractivity contribution is 6.21. The van der Waals surface area contributed by atoms with Crippen LogP contribution < -0.4 is 16.0 Å². The van der Waals surface area contributed by atoms with Crippen molar-refractivity contribution >= 4 is 23.5 Å². The molecule has 0 aromatic heterocycles. The number of hydrogen-bond donors (Lipinski definition) is 3. The van der Waals surface area contributed by atoms with Crippen molar-refractivity contribution in [2.45, 2.75) is 51.1 Å². The number of hydrogen-bond acceptors (Lipinski definition) is 4. The van der Waals surface area contributed by atoms with Crippen molar-refractivity contribution in [3.8, 4) is 0 Å². The number of alkyl halides is 1. The highest BCUT2D eigenvalue weighted by Gasteiger charge is 2.28. The van der Waals surface area contributed by atoms with Crippen molar-refractivity contribution in [1.82, 2.24) is 10.6 Å². The summed E-state index contributed by atoms with van der Waals surface area (Å²) in [5, 5.41) is 10.5. The summed E-state index contributed by atoms with van der Waals surface area (Å²) in [5.74, 6) is -0.0682. The predicted octanol–water partition coefficient (Wildman–Crippen LogP) is 4.21. The second kappa shape index (κ2) is 9.56. The van der Waals surface area contributed by atoms with E-state index in [4.69, 9.17) is 11.6 Å². The first kappa shape index (κ1) is 20.2. The molecular formula is C21H30ClFN4. The Morgan fingerprint density at radius 2 is 2.15 bits per heavy atom. The van der Waals surface area contributed by atoms with E-state index in [0.29, 0.717) is 18.3 Å². The lowest BCUT2D eigenvalue weighted by atomic mass is 9.93. The Morgan fingerprint density at radius 1 is 1.30 bits per heavy atom. The number of aliphatic imine (C=N–C) groups is 1. The standard InChI is InChI=1S/C21H30ClFN4/c1-3-17-20(27-16-7-5-10-24-11-9-16)15(13-26-21(17)22)12-25-19-14(2)6-4-8-18(19)23/h4,6,8,13,16-17,21,24-25,27H,3,5,7,9-12H2,1-2H3/t16-,17?,21?/m1/s1. The first-order valence-corrected chi connectivity index (χ1v) is 10.4. The summed E-state index contributed by atoms with van der Waals surface area (Å²) >= 11 is 6.50. The summed E-state index contributed by atoms with van der Waals surface area (Å²) < 4.78 is 14.2. The summed E-state index contributed by atoms with van der Waals surface area (Å²) in [5.41, 5.74) is 3.44. The molecule has 1 saturated heterocycles. The SMILES string of the molecule is CCC1C(N[C@@H]2CCCNCC2)=C(CNc2c(C)cccc2F)C=NC1Cl. The lowest BCUT2D eigenvalue weighted by Crippen LogP contribution is -2.38. The molecule has 27 heavy (non-hydrogen) atoms. The number of dihydropyridines is 1. The Balaban J connectivity index is 1.81. The van der Waals surface area contributed by atoms with Crippen LogP contribution in [-0.4, -0.2) is 37.4 Å². The third-order valence-electron chi connectivity index (χ3n) is 5.47. The average Bonchev–Trinajstić information content (AvgIpc) is 2.92. The zero-order valence-corrected chi connectivity index (χ0v) is 17.0. The van der Waals surface area contributed by atoms with Crippen LogP contribution in [0, 0.1) is 18.7 Å². The van der Waals surface area contributed by atoms with Crippen molar-refractivity contribution in [2.24, 2.45) is 10.9 Å². The average molecular weight is 393 g/mol. The van der Waals surface area contributed by atoms with Crippen LogP contribution >= 0.6 is 11.6 Å². The second-order valence-corrected chi connectivity index (χ2v) is 7.86. The number of rotatable bonds is 6. The van der Waals surface area contributed by atoms with E-state index < -0.39 is 0 Å². The van der Waals surface area contributed by atoms with Gasteiger partial charge >= 0.3 is 0 Å². The fourth-order valence-electron chi connectivity index (χ4n) is 3.87. The van der Waals surface area contributed by atoms with Gasteiger partial charge in [0.25, 0.3) is 0 Å². The van der Waals surface area contributed by atoms with Crippen molar-refractivity contribution in [3.05, 3.63) is 40.8 Å². The number of halogens is 2. The van der Waals surface area contributed by atoms with Gasteiger partial charge in [0.1, 0.15) is 11.3 Å². The first-order valence-electron chi connectivity index (χ1n) is 9.96. The largest absolute Gasteiger partial charge is 0.385 e. The van der Waals surface area contributed by atoms with Gasteiger partial charge in [0.05, 0.1) is 5.69 Å². The first-order chi connectivity index (χ1) is 13.1. The van der Waals surface area contributed by atoms with Crippen LogP contribution in [0.25, 0.3) is 0 Å². The zero-order chi connectivity index (χ0) is 19.2. The predicted molar refractivity (Wildman–Crippen MR) is 112 cm³/mol. The molecule has 2 aliphatic heterocycles. The molecule has 2 aliphatic rings. The molecule has 1 fully saturated rings. The molecule has 1 aromatic rings. The summed E-state index contributed by atoms with van der Waals surface area (Å²) in [6, 6.07) is 5.57. The van der Waals surface area contributed by atoms with Crippen molar-refractivity contribution in [1.29, 1.82) is 0 Å². The molecule has 2 unspecified atom stereocenters. The van der Waals surface area contributed by atoms with E-state index in [1.807, 2.05) is 19.2 Å². The highest BCUT2D eigenvalue weighted by atomic mass is 35.5. The summed E-state index contributed by atoms with van der Waals surface area (Å²) in [7, 11) is 0.